The maximum Gasteiger partial charge on any atom is 0.280 e. The Morgan fingerprint density at radius 3 is 2.64 bits per heavy atom. The van der Waals surface area contributed by atoms with Gasteiger partial charge in [0.1, 0.15) is 17.8 Å². The number of benzene rings is 1. The smallest absolute Gasteiger partial charge is 0.280 e. The van der Waals surface area contributed by atoms with Crippen LogP contribution < -0.4 is 5.73 Å². The molecule has 0 saturated carbocycles. The first-order chi connectivity index (χ1) is 13.3. The van der Waals surface area contributed by atoms with E-state index in [1.54, 1.807) is 13.0 Å². The van der Waals surface area contributed by atoms with Crippen LogP contribution in [0.4, 0.5) is 19.1 Å². The van der Waals surface area contributed by atoms with Crippen LogP contribution in [0.1, 0.15) is 17.8 Å². The van der Waals surface area contributed by atoms with E-state index in [9.17, 15) is 13.2 Å². The van der Waals surface area contributed by atoms with Crippen molar-refractivity contribution in [2.45, 2.75) is 13.3 Å². The summed E-state index contributed by atoms with van der Waals surface area (Å²) in [5.41, 5.74) is 7.04. The molecule has 0 atom stereocenters. The van der Waals surface area contributed by atoms with E-state index in [0.29, 0.717) is 16.8 Å². The molecule has 3 aromatic heterocycles. The van der Waals surface area contributed by atoms with Gasteiger partial charge in [0.05, 0.1) is 11.3 Å². The van der Waals surface area contributed by atoms with Crippen molar-refractivity contribution in [3.63, 3.8) is 0 Å². The van der Waals surface area contributed by atoms with Crippen molar-refractivity contribution in [3.05, 3.63) is 58.9 Å². The monoisotopic (exact) mass is 404 g/mol. The standard InChI is InChI=1S/C18H12ClF3N6/c1-8-4-9(5-13(26-8)16(21)22)14-15(11-3-2-10(19)6-12(11)20)27-18(23)28-17(14)24-7-25-28/h2-7,16H,1H3,(H2,23,27). The quantitative estimate of drug-likeness (QED) is 0.544. The summed E-state index contributed by atoms with van der Waals surface area (Å²) in [6.45, 7) is 1.59. The molecule has 28 heavy (non-hydrogen) atoms. The molecule has 0 fully saturated rings. The molecule has 2 N–H and O–H groups in total. The first-order valence-electron chi connectivity index (χ1n) is 8.07. The molecule has 0 amide bonds. The minimum absolute atomic E-state index is 0.0274. The molecule has 10 heteroatoms. The van der Waals surface area contributed by atoms with Crippen LogP contribution in [0.15, 0.2) is 36.7 Å². The number of hydrogen-bond donors (Lipinski definition) is 1. The zero-order chi connectivity index (χ0) is 20.0. The number of aromatic nitrogens is 5. The van der Waals surface area contributed by atoms with Gasteiger partial charge in [-0.1, -0.05) is 11.6 Å². The molecule has 6 nitrogen and oxygen atoms in total. The second kappa shape index (κ2) is 6.75. The third-order valence-corrected chi connectivity index (χ3v) is 4.36. The molecule has 4 rings (SSSR count). The Balaban J connectivity index is 2.10. The minimum Gasteiger partial charge on any atom is -0.368 e. The van der Waals surface area contributed by atoms with Crippen LogP contribution in [0.5, 0.6) is 0 Å². The highest BCUT2D eigenvalue weighted by atomic mass is 35.5. The highest BCUT2D eigenvalue weighted by Crippen LogP contribution is 2.37. The Morgan fingerprint density at radius 2 is 1.93 bits per heavy atom. The first kappa shape index (κ1) is 18.2. The van der Waals surface area contributed by atoms with Crippen LogP contribution >= 0.6 is 11.6 Å². The predicted octanol–water partition coefficient (Wildman–Crippen LogP) is 4.47. The van der Waals surface area contributed by atoms with Crippen LogP contribution in [-0.4, -0.2) is 24.6 Å². The van der Waals surface area contributed by atoms with Gasteiger partial charge >= 0.3 is 0 Å². The van der Waals surface area contributed by atoms with Crippen LogP contribution in [0, 0.1) is 12.7 Å². The lowest BCUT2D eigenvalue weighted by molar-refractivity contribution is 0.146. The summed E-state index contributed by atoms with van der Waals surface area (Å²) in [5.74, 6) is -0.662. The molecule has 0 spiro atoms. The second-order valence-electron chi connectivity index (χ2n) is 6.04. The number of nitrogens with zero attached hydrogens (tertiary/aromatic N) is 5. The van der Waals surface area contributed by atoms with Gasteiger partial charge in [-0.05, 0) is 42.8 Å². The summed E-state index contributed by atoms with van der Waals surface area (Å²) >= 11 is 5.84. The highest BCUT2D eigenvalue weighted by Gasteiger charge is 2.22. The number of rotatable bonds is 3. The van der Waals surface area contributed by atoms with E-state index in [1.165, 1.54) is 29.0 Å². The number of alkyl halides is 2. The van der Waals surface area contributed by atoms with E-state index in [4.69, 9.17) is 17.3 Å². The zero-order valence-corrected chi connectivity index (χ0v) is 15.1. The van der Waals surface area contributed by atoms with Crippen LogP contribution in [0.3, 0.4) is 0 Å². The maximum absolute atomic E-state index is 14.6. The fourth-order valence-corrected chi connectivity index (χ4v) is 3.15. The van der Waals surface area contributed by atoms with Crippen molar-refractivity contribution in [3.8, 4) is 22.4 Å². The highest BCUT2D eigenvalue weighted by molar-refractivity contribution is 6.30. The van der Waals surface area contributed by atoms with E-state index >= 15 is 0 Å². The fourth-order valence-electron chi connectivity index (χ4n) is 3.00. The van der Waals surface area contributed by atoms with E-state index in [-0.39, 0.29) is 27.9 Å². The Hall–Kier alpha value is -3.20. The first-order valence-corrected chi connectivity index (χ1v) is 8.44. The number of anilines is 1. The zero-order valence-electron chi connectivity index (χ0n) is 14.4. The van der Waals surface area contributed by atoms with Crippen molar-refractivity contribution in [2.24, 2.45) is 0 Å². The Kier molecular flexibility index (Phi) is 4.38. The molecule has 0 aliphatic rings. The summed E-state index contributed by atoms with van der Waals surface area (Å²) in [5, 5.41) is 4.20. The lowest BCUT2D eigenvalue weighted by atomic mass is 9.99. The third-order valence-electron chi connectivity index (χ3n) is 4.12. The lowest BCUT2D eigenvalue weighted by Crippen LogP contribution is -2.07. The molecule has 0 bridgehead atoms. The Morgan fingerprint density at radius 1 is 1.14 bits per heavy atom. The topological polar surface area (TPSA) is 82.0 Å². The largest absolute Gasteiger partial charge is 0.368 e. The molecular weight excluding hydrogens is 393 g/mol. The molecule has 0 saturated heterocycles. The van der Waals surface area contributed by atoms with Gasteiger partial charge < -0.3 is 5.73 Å². The Bertz CT molecular complexity index is 1210. The van der Waals surface area contributed by atoms with Crippen molar-refractivity contribution >= 4 is 23.2 Å². The molecule has 4 aromatic rings. The van der Waals surface area contributed by atoms with E-state index in [2.05, 4.69) is 20.1 Å². The van der Waals surface area contributed by atoms with Crippen LogP contribution in [0.2, 0.25) is 5.02 Å². The summed E-state index contributed by atoms with van der Waals surface area (Å²) in [6.07, 6.45) is -1.52. The van der Waals surface area contributed by atoms with Crippen LogP contribution in [0.25, 0.3) is 28.0 Å². The molecule has 1 aromatic carbocycles. The predicted molar refractivity (Wildman–Crippen MR) is 98.5 cm³/mol. The van der Waals surface area contributed by atoms with Crippen molar-refractivity contribution in [1.82, 2.24) is 24.6 Å². The number of halogens is 4. The van der Waals surface area contributed by atoms with Gasteiger partial charge in [0.15, 0.2) is 5.65 Å². The summed E-state index contributed by atoms with van der Waals surface area (Å²) in [6, 6.07) is 6.88. The minimum atomic E-state index is -2.77. The van der Waals surface area contributed by atoms with Crippen molar-refractivity contribution < 1.29 is 13.2 Å². The normalized spacial score (nSPS) is 11.5. The van der Waals surface area contributed by atoms with Crippen molar-refractivity contribution in [1.29, 1.82) is 0 Å². The summed E-state index contributed by atoms with van der Waals surface area (Å²) in [4.78, 5) is 12.3. The van der Waals surface area contributed by atoms with E-state index in [1.807, 2.05) is 0 Å². The molecule has 0 aliphatic carbocycles. The van der Waals surface area contributed by atoms with Gasteiger partial charge in [0.25, 0.3) is 6.43 Å². The SMILES string of the molecule is Cc1cc(-c2c(-c3ccc(Cl)cc3F)nc(N)n3ncnc23)cc(C(F)F)n1. The molecule has 0 unspecified atom stereocenters. The van der Waals surface area contributed by atoms with E-state index in [0.717, 1.165) is 6.07 Å². The molecular formula is C18H12ClF3N6. The van der Waals surface area contributed by atoms with Crippen molar-refractivity contribution in [2.75, 3.05) is 5.73 Å². The molecule has 142 valence electrons. The van der Waals surface area contributed by atoms with Gasteiger partial charge in [-0.15, -0.1) is 0 Å². The van der Waals surface area contributed by atoms with Gasteiger partial charge in [0, 0.05) is 16.3 Å². The average Bonchev–Trinajstić information content (AvgIpc) is 3.11. The molecule has 0 aliphatic heterocycles. The average molecular weight is 405 g/mol. The molecule has 3 heterocycles. The van der Waals surface area contributed by atoms with Gasteiger partial charge in [0.2, 0.25) is 5.95 Å². The van der Waals surface area contributed by atoms with Gasteiger partial charge in [-0.3, -0.25) is 4.98 Å². The second-order valence-corrected chi connectivity index (χ2v) is 6.47. The summed E-state index contributed by atoms with van der Waals surface area (Å²) in [7, 11) is 0. The number of fused-ring (bicyclic) bond motifs is 1. The fraction of sp³-hybridized carbons (Fsp3) is 0.111. The van der Waals surface area contributed by atoms with Gasteiger partial charge in [-0.2, -0.15) is 9.61 Å². The van der Waals surface area contributed by atoms with Crippen LogP contribution in [-0.2, 0) is 0 Å². The number of nitrogens with two attached hydrogens (primary N) is 1. The maximum atomic E-state index is 14.6. The lowest BCUT2D eigenvalue weighted by Gasteiger charge is -2.14. The van der Waals surface area contributed by atoms with E-state index < -0.39 is 17.9 Å². The molecule has 0 radical (unpaired) electrons. The van der Waals surface area contributed by atoms with Gasteiger partial charge in [-0.25, -0.2) is 23.1 Å². The number of hydrogen-bond acceptors (Lipinski definition) is 5. The Labute approximate surface area is 161 Å². The number of pyridine rings is 1. The number of nitrogen functional groups attached to an aromatic ring is 1. The number of aryl methyl sites for hydroxylation is 1. The summed E-state index contributed by atoms with van der Waals surface area (Å²) < 4.78 is 42.5. The third kappa shape index (κ3) is 3.03.